The van der Waals surface area contributed by atoms with Gasteiger partial charge in [0.2, 0.25) is 0 Å². The van der Waals surface area contributed by atoms with E-state index in [9.17, 15) is 13.2 Å². The second-order valence-corrected chi connectivity index (χ2v) is 6.40. The van der Waals surface area contributed by atoms with E-state index in [0.29, 0.717) is 6.42 Å². The standard InChI is InChI=1S/C14H20O4S/c1-4-11(2)9-13(15)10-18-19(16,17)14-7-5-12(3)6-8-14/h5-8,11H,4,9-10H2,1-3H3. The molecule has 1 aromatic rings. The Hall–Kier alpha value is -1.20. The van der Waals surface area contributed by atoms with Gasteiger partial charge in [-0.05, 0) is 25.0 Å². The highest BCUT2D eigenvalue weighted by Gasteiger charge is 2.17. The van der Waals surface area contributed by atoms with Gasteiger partial charge in [-0.2, -0.15) is 8.42 Å². The van der Waals surface area contributed by atoms with Crippen LogP contribution in [0.5, 0.6) is 0 Å². The van der Waals surface area contributed by atoms with E-state index in [0.717, 1.165) is 12.0 Å². The molecule has 0 aliphatic heterocycles. The minimum absolute atomic E-state index is 0.0782. The topological polar surface area (TPSA) is 60.4 Å². The van der Waals surface area contributed by atoms with Gasteiger partial charge in [-0.3, -0.25) is 8.98 Å². The Labute approximate surface area is 114 Å². The first-order valence-corrected chi connectivity index (χ1v) is 7.73. The first-order chi connectivity index (χ1) is 8.85. The quantitative estimate of drug-likeness (QED) is 0.722. The lowest BCUT2D eigenvalue weighted by Crippen LogP contribution is -2.16. The molecule has 0 spiro atoms. The summed E-state index contributed by atoms with van der Waals surface area (Å²) in [5.41, 5.74) is 0.965. The summed E-state index contributed by atoms with van der Waals surface area (Å²) in [6, 6.07) is 6.34. The van der Waals surface area contributed by atoms with Crippen LogP contribution in [-0.4, -0.2) is 20.8 Å². The van der Waals surface area contributed by atoms with Gasteiger partial charge < -0.3 is 0 Å². The number of ketones is 1. The van der Waals surface area contributed by atoms with Crippen LogP contribution >= 0.6 is 0 Å². The molecule has 1 rings (SSSR count). The predicted octanol–water partition coefficient (Wildman–Crippen LogP) is 2.71. The third kappa shape index (κ3) is 5.12. The van der Waals surface area contributed by atoms with E-state index >= 15 is 0 Å². The Morgan fingerprint density at radius 1 is 1.26 bits per heavy atom. The molecule has 0 saturated carbocycles. The fourth-order valence-corrected chi connectivity index (χ4v) is 2.40. The average Bonchev–Trinajstić information content (AvgIpc) is 2.37. The molecule has 0 aliphatic rings. The van der Waals surface area contributed by atoms with E-state index in [2.05, 4.69) is 0 Å². The zero-order valence-electron chi connectivity index (χ0n) is 11.5. The van der Waals surface area contributed by atoms with E-state index in [4.69, 9.17) is 4.18 Å². The van der Waals surface area contributed by atoms with Crippen molar-refractivity contribution in [1.29, 1.82) is 0 Å². The van der Waals surface area contributed by atoms with Gasteiger partial charge in [0, 0.05) is 6.42 Å². The summed E-state index contributed by atoms with van der Waals surface area (Å²) in [6.45, 7) is 5.42. The number of aryl methyl sites for hydroxylation is 1. The Balaban J connectivity index is 2.61. The molecule has 1 aromatic carbocycles. The molecule has 1 unspecified atom stereocenters. The van der Waals surface area contributed by atoms with Gasteiger partial charge in [0.05, 0.1) is 4.90 Å². The lowest BCUT2D eigenvalue weighted by Gasteiger charge is -2.08. The lowest BCUT2D eigenvalue weighted by atomic mass is 10.0. The third-order valence-electron chi connectivity index (χ3n) is 2.96. The van der Waals surface area contributed by atoms with Crippen molar-refractivity contribution in [3.8, 4) is 0 Å². The van der Waals surface area contributed by atoms with Crippen LogP contribution in [0.15, 0.2) is 29.2 Å². The molecular formula is C14H20O4S. The van der Waals surface area contributed by atoms with Crippen LogP contribution in [0.1, 0.15) is 32.3 Å². The second-order valence-electron chi connectivity index (χ2n) is 4.79. The van der Waals surface area contributed by atoms with E-state index in [1.54, 1.807) is 12.1 Å². The highest BCUT2D eigenvalue weighted by Crippen LogP contribution is 2.14. The Morgan fingerprint density at radius 2 is 1.84 bits per heavy atom. The summed E-state index contributed by atoms with van der Waals surface area (Å²) in [5, 5.41) is 0. The number of benzene rings is 1. The maximum Gasteiger partial charge on any atom is 0.297 e. The maximum absolute atomic E-state index is 11.8. The Kier molecular flexibility index (Phi) is 5.69. The lowest BCUT2D eigenvalue weighted by molar-refractivity contribution is -0.121. The van der Waals surface area contributed by atoms with Crippen molar-refractivity contribution in [2.24, 2.45) is 5.92 Å². The van der Waals surface area contributed by atoms with Crippen LogP contribution in [0.2, 0.25) is 0 Å². The average molecular weight is 284 g/mol. The molecule has 19 heavy (non-hydrogen) atoms. The molecule has 1 atom stereocenters. The highest BCUT2D eigenvalue weighted by molar-refractivity contribution is 7.86. The van der Waals surface area contributed by atoms with Crippen LogP contribution in [0.3, 0.4) is 0 Å². The predicted molar refractivity (Wildman–Crippen MR) is 73.4 cm³/mol. The van der Waals surface area contributed by atoms with Crippen molar-refractivity contribution < 1.29 is 17.4 Å². The molecule has 0 amide bonds. The van der Waals surface area contributed by atoms with Gasteiger partial charge in [0.1, 0.15) is 6.61 Å². The van der Waals surface area contributed by atoms with Crippen LogP contribution < -0.4 is 0 Å². The summed E-state index contributed by atoms with van der Waals surface area (Å²) in [7, 11) is -3.84. The summed E-state index contributed by atoms with van der Waals surface area (Å²) >= 11 is 0. The largest absolute Gasteiger partial charge is 0.297 e. The number of hydrogen-bond donors (Lipinski definition) is 0. The molecule has 4 nitrogen and oxygen atoms in total. The maximum atomic E-state index is 11.8. The normalized spacial score (nSPS) is 13.2. The van der Waals surface area contributed by atoms with Crippen molar-refractivity contribution in [2.45, 2.75) is 38.5 Å². The van der Waals surface area contributed by atoms with Gasteiger partial charge >= 0.3 is 0 Å². The van der Waals surface area contributed by atoms with E-state index in [1.165, 1.54) is 12.1 Å². The van der Waals surface area contributed by atoms with Gasteiger partial charge in [0.15, 0.2) is 5.78 Å². The molecular weight excluding hydrogens is 264 g/mol. The second kappa shape index (κ2) is 6.82. The van der Waals surface area contributed by atoms with Crippen molar-refractivity contribution in [2.75, 3.05) is 6.61 Å². The minimum atomic E-state index is -3.84. The number of rotatable bonds is 7. The molecule has 0 bridgehead atoms. The molecule has 5 heteroatoms. The molecule has 0 saturated heterocycles. The zero-order chi connectivity index (χ0) is 14.5. The van der Waals surface area contributed by atoms with Crippen molar-refractivity contribution in [3.05, 3.63) is 29.8 Å². The summed E-state index contributed by atoms with van der Waals surface area (Å²) in [5.74, 6) is 0.0585. The first kappa shape index (κ1) is 15.9. The molecule has 0 N–H and O–H groups in total. The Morgan fingerprint density at radius 3 is 2.37 bits per heavy atom. The highest BCUT2D eigenvalue weighted by atomic mass is 32.2. The smallest absolute Gasteiger partial charge is 0.297 e. The number of hydrogen-bond acceptors (Lipinski definition) is 4. The van der Waals surface area contributed by atoms with Crippen LogP contribution in [-0.2, 0) is 19.1 Å². The number of Topliss-reactive ketones (excluding diaryl/α,β-unsaturated/α-hetero) is 1. The van der Waals surface area contributed by atoms with Crippen LogP contribution in [0, 0.1) is 12.8 Å². The molecule has 0 aromatic heterocycles. The zero-order valence-corrected chi connectivity index (χ0v) is 12.4. The SMILES string of the molecule is CCC(C)CC(=O)COS(=O)(=O)c1ccc(C)cc1. The third-order valence-corrected chi connectivity index (χ3v) is 4.24. The summed E-state index contributed by atoms with van der Waals surface area (Å²) in [6.07, 6.45) is 1.23. The van der Waals surface area contributed by atoms with E-state index in [-0.39, 0.29) is 23.2 Å². The number of carbonyl (C=O) groups is 1. The first-order valence-electron chi connectivity index (χ1n) is 6.33. The van der Waals surface area contributed by atoms with Gasteiger partial charge in [-0.1, -0.05) is 38.0 Å². The van der Waals surface area contributed by atoms with Crippen molar-refractivity contribution in [3.63, 3.8) is 0 Å². The van der Waals surface area contributed by atoms with E-state index < -0.39 is 10.1 Å². The fourth-order valence-electron chi connectivity index (χ4n) is 1.51. The fraction of sp³-hybridized carbons (Fsp3) is 0.500. The van der Waals surface area contributed by atoms with Crippen molar-refractivity contribution in [1.82, 2.24) is 0 Å². The Bertz CT molecular complexity index is 517. The molecule has 0 aliphatic carbocycles. The molecule has 0 fully saturated rings. The van der Waals surface area contributed by atoms with Gasteiger partial charge in [-0.15, -0.1) is 0 Å². The van der Waals surface area contributed by atoms with Crippen LogP contribution in [0.25, 0.3) is 0 Å². The minimum Gasteiger partial charge on any atom is -0.297 e. The molecule has 0 heterocycles. The monoisotopic (exact) mass is 284 g/mol. The van der Waals surface area contributed by atoms with E-state index in [1.807, 2.05) is 20.8 Å². The van der Waals surface area contributed by atoms with Gasteiger partial charge in [0.25, 0.3) is 10.1 Å². The van der Waals surface area contributed by atoms with Crippen molar-refractivity contribution >= 4 is 15.9 Å². The van der Waals surface area contributed by atoms with Crippen LogP contribution in [0.4, 0.5) is 0 Å². The molecule has 0 radical (unpaired) electrons. The number of carbonyl (C=O) groups excluding carboxylic acids is 1. The van der Waals surface area contributed by atoms with Gasteiger partial charge in [-0.25, -0.2) is 0 Å². The summed E-state index contributed by atoms with van der Waals surface area (Å²) < 4.78 is 28.4. The molecule has 106 valence electrons. The summed E-state index contributed by atoms with van der Waals surface area (Å²) in [4.78, 5) is 11.6.